The zero-order valence-electron chi connectivity index (χ0n) is 9.05. The van der Waals surface area contributed by atoms with Gasteiger partial charge in [0.2, 0.25) is 0 Å². The Morgan fingerprint density at radius 2 is 2.36 bits per heavy atom. The van der Waals surface area contributed by atoms with E-state index in [0.29, 0.717) is 6.04 Å². The third-order valence-corrected chi connectivity index (χ3v) is 3.30. The van der Waals surface area contributed by atoms with Gasteiger partial charge in [0.1, 0.15) is 5.76 Å². The van der Waals surface area contributed by atoms with Gasteiger partial charge in [0.25, 0.3) is 0 Å². The summed E-state index contributed by atoms with van der Waals surface area (Å²) in [5, 5.41) is 3.37. The lowest BCUT2D eigenvalue weighted by atomic mass is 9.80. The molecular formula is C12H19NO. The van der Waals surface area contributed by atoms with Crippen molar-refractivity contribution in [3.05, 3.63) is 23.7 Å². The van der Waals surface area contributed by atoms with Crippen LogP contribution in [0.4, 0.5) is 0 Å². The molecule has 1 saturated carbocycles. The third kappa shape index (κ3) is 2.01. The average molecular weight is 193 g/mol. The van der Waals surface area contributed by atoms with Gasteiger partial charge in [-0.15, -0.1) is 0 Å². The molecular weight excluding hydrogens is 174 g/mol. The molecule has 0 aliphatic heterocycles. The number of furan rings is 1. The fourth-order valence-electron chi connectivity index (χ4n) is 2.13. The molecule has 0 radical (unpaired) electrons. The largest absolute Gasteiger partial charge is 0.469 e. The average Bonchev–Trinajstić information content (AvgIpc) is 2.50. The van der Waals surface area contributed by atoms with E-state index in [0.717, 1.165) is 11.7 Å². The van der Waals surface area contributed by atoms with E-state index in [1.54, 1.807) is 0 Å². The highest BCUT2D eigenvalue weighted by molar-refractivity contribution is 5.16. The summed E-state index contributed by atoms with van der Waals surface area (Å²) in [4.78, 5) is 0. The maximum Gasteiger partial charge on any atom is 0.101 e. The Labute approximate surface area is 85.7 Å². The smallest absolute Gasteiger partial charge is 0.101 e. The fourth-order valence-corrected chi connectivity index (χ4v) is 2.13. The fraction of sp³-hybridized carbons (Fsp3) is 0.667. The van der Waals surface area contributed by atoms with Gasteiger partial charge in [-0.2, -0.15) is 0 Å². The summed E-state index contributed by atoms with van der Waals surface area (Å²) in [6.45, 7) is 2.00. The topological polar surface area (TPSA) is 25.2 Å². The normalized spacial score (nSPS) is 19.3. The Balaban J connectivity index is 1.97. The van der Waals surface area contributed by atoms with Crippen LogP contribution in [0.15, 0.2) is 16.7 Å². The highest BCUT2D eigenvalue weighted by Crippen LogP contribution is 2.34. The summed E-state index contributed by atoms with van der Waals surface area (Å²) in [5.41, 5.74) is 1.30. The van der Waals surface area contributed by atoms with E-state index >= 15 is 0 Å². The summed E-state index contributed by atoms with van der Waals surface area (Å²) in [6.07, 6.45) is 7.39. The van der Waals surface area contributed by atoms with Gasteiger partial charge in [0, 0.05) is 11.6 Å². The van der Waals surface area contributed by atoms with E-state index in [1.165, 1.54) is 31.2 Å². The Morgan fingerprint density at radius 1 is 1.57 bits per heavy atom. The maximum atomic E-state index is 5.34. The van der Waals surface area contributed by atoms with Gasteiger partial charge in [0.05, 0.1) is 6.26 Å². The summed E-state index contributed by atoms with van der Waals surface area (Å²) < 4.78 is 5.34. The molecule has 1 unspecified atom stereocenters. The molecule has 1 aromatic rings. The van der Waals surface area contributed by atoms with Crippen LogP contribution in [0.1, 0.15) is 43.0 Å². The lowest BCUT2D eigenvalue weighted by Crippen LogP contribution is -2.22. The van der Waals surface area contributed by atoms with E-state index in [9.17, 15) is 0 Å². The van der Waals surface area contributed by atoms with Gasteiger partial charge in [-0.3, -0.25) is 0 Å². The zero-order valence-corrected chi connectivity index (χ0v) is 9.05. The molecule has 1 heterocycles. The molecule has 0 aromatic carbocycles. The minimum atomic E-state index is 0.484. The molecule has 0 bridgehead atoms. The van der Waals surface area contributed by atoms with Crippen molar-refractivity contribution in [2.24, 2.45) is 5.92 Å². The van der Waals surface area contributed by atoms with Crippen LogP contribution in [0, 0.1) is 12.8 Å². The first-order valence-corrected chi connectivity index (χ1v) is 5.52. The van der Waals surface area contributed by atoms with Gasteiger partial charge >= 0.3 is 0 Å². The highest BCUT2D eigenvalue weighted by atomic mass is 16.3. The maximum absolute atomic E-state index is 5.34. The molecule has 1 aliphatic carbocycles. The molecule has 0 spiro atoms. The van der Waals surface area contributed by atoms with Crippen LogP contribution in [0.3, 0.4) is 0 Å². The van der Waals surface area contributed by atoms with Crippen LogP contribution in [0.2, 0.25) is 0 Å². The van der Waals surface area contributed by atoms with Gasteiger partial charge < -0.3 is 9.73 Å². The molecule has 0 saturated heterocycles. The highest BCUT2D eigenvalue weighted by Gasteiger charge is 2.22. The van der Waals surface area contributed by atoms with E-state index in [2.05, 4.69) is 11.4 Å². The first-order chi connectivity index (χ1) is 6.79. The third-order valence-electron chi connectivity index (χ3n) is 3.30. The van der Waals surface area contributed by atoms with E-state index < -0.39 is 0 Å². The molecule has 78 valence electrons. The monoisotopic (exact) mass is 193 g/mol. The van der Waals surface area contributed by atoms with Crippen LogP contribution in [-0.4, -0.2) is 7.05 Å². The molecule has 1 aliphatic rings. The van der Waals surface area contributed by atoms with Crippen molar-refractivity contribution >= 4 is 0 Å². The standard InChI is InChI=1S/C12H19NO/c1-9-6-11(8-14-9)12(13-2)7-10-4-3-5-10/h6,8,10,12-13H,3-5,7H2,1-2H3. The first-order valence-electron chi connectivity index (χ1n) is 5.52. The minimum absolute atomic E-state index is 0.484. The van der Waals surface area contributed by atoms with Crippen LogP contribution in [-0.2, 0) is 0 Å². The van der Waals surface area contributed by atoms with Crippen LogP contribution < -0.4 is 5.32 Å². The molecule has 0 amide bonds. The minimum Gasteiger partial charge on any atom is -0.469 e. The lowest BCUT2D eigenvalue weighted by Gasteiger charge is -2.29. The number of aryl methyl sites for hydroxylation is 1. The van der Waals surface area contributed by atoms with Crippen molar-refractivity contribution in [1.82, 2.24) is 5.32 Å². The second kappa shape index (κ2) is 4.18. The molecule has 1 aromatic heterocycles. The van der Waals surface area contributed by atoms with Gasteiger partial charge in [0.15, 0.2) is 0 Å². The van der Waals surface area contributed by atoms with Gasteiger partial charge in [-0.25, -0.2) is 0 Å². The van der Waals surface area contributed by atoms with E-state index in [4.69, 9.17) is 4.42 Å². The lowest BCUT2D eigenvalue weighted by molar-refractivity contribution is 0.265. The first kappa shape index (κ1) is 9.78. The van der Waals surface area contributed by atoms with Crippen LogP contribution >= 0.6 is 0 Å². The van der Waals surface area contributed by atoms with Crippen molar-refractivity contribution in [3.8, 4) is 0 Å². The Bertz CT molecular complexity index is 288. The van der Waals surface area contributed by atoms with Crippen molar-refractivity contribution < 1.29 is 4.42 Å². The van der Waals surface area contributed by atoms with Crippen LogP contribution in [0.5, 0.6) is 0 Å². The molecule has 2 rings (SSSR count). The molecule has 1 N–H and O–H groups in total. The van der Waals surface area contributed by atoms with Gasteiger partial charge in [-0.1, -0.05) is 19.3 Å². The van der Waals surface area contributed by atoms with Crippen molar-refractivity contribution in [3.63, 3.8) is 0 Å². The number of hydrogen-bond donors (Lipinski definition) is 1. The second-order valence-electron chi connectivity index (χ2n) is 4.36. The number of nitrogens with one attached hydrogen (secondary N) is 1. The quantitative estimate of drug-likeness (QED) is 0.795. The predicted octanol–water partition coefficient (Wildman–Crippen LogP) is 3.04. The second-order valence-corrected chi connectivity index (χ2v) is 4.36. The predicted molar refractivity (Wildman–Crippen MR) is 57.2 cm³/mol. The molecule has 2 heteroatoms. The zero-order chi connectivity index (χ0) is 9.97. The summed E-state index contributed by atoms with van der Waals surface area (Å²) >= 11 is 0. The Hall–Kier alpha value is -0.760. The van der Waals surface area contributed by atoms with Crippen molar-refractivity contribution in [1.29, 1.82) is 0 Å². The molecule has 1 fully saturated rings. The molecule has 1 atom stereocenters. The molecule has 14 heavy (non-hydrogen) atoms. The van der Waals surface area contributed by atoms with Crippen LogP contribution in [0.25, 0.3) is 0 Å². The van der Waals surface area contributed by atoms with Gasteiger partial charge in [-0.05, 0) is 32.4 Å². The SMILES string of the molecule is CNC(CC1CCC1)c1coc(C)c1. The Morgan fingerprint density at radius 3 is 2.79 bits per heavy atom. The van der Waals surface area contributed by atoms with Crippen molar-refractivity contribution in [2.45, 2.75) is 38.6 Å². The number of hydrogen-bond acceptors (Lipinski definition) is 2. The van der Waals surface area contributed by atoms with E-state index in [1.807, 2.05) is 20.2 Å². The summed E-state index contributed by atoms with van der Waals surface area (Å²) in [6, 6.07) is 2.62. The summed E-state index contributed by atoms with van der Waals surface area (Å²) in [7, 11) is 2.03. The van der Waals surface area contributed by atoms with Crippen molar-refractivity contribution in [2.75, 3.05) is 7.05 Å². The van der Waals surface area contributed by atoms with E-state index in [-0.39, 0.29) is 0 Å². The molecule has 2 nitrogen and oxygen atoms in total. The summed E-state index contributed by atoms with van der Waals surface area (Å²) in [5.74, 6) is 1.94. The Kier molecular flexibility index (Phi) is 2.92. The number of rotatable bonds is 4.